The predicted molar refractivity (Wildman–Crippen MR) is 85.4 cm³/mol. The van der Waals surface area contributed by atoms with E-state index in [1.54, 1.807) is 6.92 Å². The minimum Gasteiger partial charge on any atom is -0.489 e. The molecule has 0 amide bonds. The first-order valence-electron chi connectivity index (χ1n) is 7.11. The van der Waals surface area contributed by atoms with Gasteiger partial charge in [-0.1, -0.05) is 54.6 Å². The molecule has 0 aliphatic heterocycles. The van der Waals surface area contributed by atoms with E-state index in [-0.39, 0.29) is 0 Å². The molecular weight excluding hydrogens is 260 g/mol. The van der Waals surface area contributed by atoms with Gasteiger partial charge in [0.05, 0.1) is 6.10 Å². The molecule has 1 atom stereocenters. The zero-order chi connectivity index (χ0) is 14.7. The molecule has 0 aliphatic rings. The lowest BCUT2D eigenvalue weighted by Crippen LogP contribution is -1.98. The van der Waals surface area contributed by atoms with Crippen molar-refractivity contribution < 1.29 is 9.84 Å². The SMILES string of the molecule is C[C@H](O)c1cccc(OCc2cccc3ccccc23)c1. The van der Waals surface area contributed by atoms with E-state index < -0.39 is 6.10 Å². The summed E-state index contributed by atoms with van der Waals surface area (Å²) >= 11 is 0. The second-order valence-corrected chi connectivity index (χ2v) is 5.18. The molecule has 0 aliphatic carbocycles. The van der Waals surface area contributed by atoms with Crippen LogP contribution in [-0.4, -0.2) is 5.11 Å². The van der Waals surface area contributed by atoms with Gasteiger partial charge in [-0.15, -0.1) is 0 Å². The highest BCUT2D eigenvalue weighted by Gasteiger charge is 2.04. The fraction of sp³-hybridized carbons (Fsp3) is 0.158. The van der Waals surface area contributed by atoms with Crippen LogP contribution in [0, 0.1) is 0 Å². The average molecular weight is 278 g/mol. The largest absolute Gasteiger partial charge is 0.489 e. The first kappa shape index (κ1) is 13.7. The standard InChI is InChI=1S/C19H18O2/c1-14(20)16-8-5-10-18(12-16)21-13-17-9-4-7-15-6-2-3-11-19(15)17/h2-12,14,20H,13H2,1H3/t14-/m0/s1. The molecule has 106 valence electrons. The molecule has 21 heavy (non-hydrogen) atoms. The molecule has 0 heterocycles. The highest BCUT2D eigenvalue weighted by molar-refractivity contribution is 5.85. The Balaban J connectivity index is 1.82. The van der Waals surface area contributed by atoms with Crippen molar-refractivity contribution in [1.82, 2.24) is 0 Å². The second-order valence-electron chi connectivity index (χ2n) is 5.18. The predicted octanol–water partition coefficient (Wildman–Crippen LogP) is 4.47. The van der Waals surface area contributed by atoms with Gasteiger partial charge in [-0.3, -0.25) is 0 Å². The third-order valence-corrected chi connectivity index (χ3v) is 3.61. The quantitative estimate of drug-likeness (QED) is 0.763. The van der Waals surface area contributed by atoms with Crippen LogP contribution in [0.2, 0.25) is 0 Å². The molecule has 2 heteroatoms. The van der Waals surface area contributed by atoms with E-state index in [1.807, 2.05) is 42.5 Å². The van der Waals surface area contributed by atoms with Crippen molar-refractivity contribution in [3.8, 4) is 5.75 Å². The van der Waals surface area contributed by atoms with Gasteiger partial charge in [0.25, 0.3) is 0 Å². The van der Waals surface area contributed by atoms with Gasteiger partial charge in [0.1, 0.15) is 12.4 Å². The van der Waals surface area contributed by atoms with E-state index in [9.17, 15) is 5.11 Å². The Morgan fingerprint density at radius 1 is 0.952 bits per heavy atom. The number of ether oxygens (including phenoxy) is 1. The maximum absolute atomic E-state index is 9.62. The Morgan fingerprint density at radius 2 is 1.71 bits per heavy atom. The number of benzene rings is 3. The van der Waals surface area contributed by atoms with Gasteiger partial charge in [0, 0.05) is 0 Å². The zero-order valence-corrected chi connectivity index (χ0v) is 12.0. The van der Waals surface area contributed by atoms with E-state index in [2.05, 4.69) is 24.3 Å². The van der Waals surface area contributed by atoms with Gasteiger partial charge in [-0.2, -0.15) is 0 Å². The Hall–Kier alpha value is -2.32. The van der Waals surface area contributed by atoms with E-state index in [0.717, 1.165) is 16.9 Å². The first-order chi connectivity index (χ1) is 10.2. The Bertz CT molecular complexity index is 742. The third-order valence-electron chi connectivity index (χ3n) is 3.61. The lowest BCUT2D eigenvalue weighted by molar-refractivity contribution is 0.198. The maximum atomic E-state index is 9.62. The Morgan fingerprint density at radius 3 is 2.57 bits per heavy atom. The van der Waals surface area contributed by atoms with Crippen molar-refractivity contribution in [2.24, 2.45) is 0 Å². The molecule has 0 spiro atoms. The van der Waals surface area contributed by atoms with Crippen LogP contribution in [0.25, 0.3) is 10.8 Å². The summed E-state index contributed by atoms with van der Waals surface area (Å²) in [5, 5.41) is 12.1. The van der Waals surface area contributed by atoms with E-state index >= 15 is 0 Å². The van der Waals surface area contributed by atoms with Gasteiger partial charge in [-0.25, -0.2) is 0 Å². The lowest BCUT2D eigenvalue weighted by atomic mass is 10.1. The molecule has 0 aromatic heterocycles. The van der Waals surface area contributed by atoms with Crippen molar-refractivity contribution in [3.05, 3.63) is 77.9 Å². The molecule has 0 saturated carbocycles. The van der Waals surface area contributed by atoms with Gasteiger partial charge < -0.3 is 9.84 Å². The monoisotopic (exact) mass is 278 g/mol. The number of aliphatic hydroxyl groups excluding tert-OH is 1. The summed E-state index contributed by atoms with van der Waals surface area (Å²) in [6, 6.07) is 22.1. The van der Waals surface area contributed by atoms with Crippen LogP contribution in [0.15, 0.2) is 66.7 Å². The molecule has 0 bridgehead atoms. The minimum atomic E-state index is -0.480. The van der Waals surface area contributed by atoms with Crippen LogP contribution < -0.4 is 4.74 Å². The molecule has 1 N–H and O–H groups in total. The molecule has 0 radical (unpaired) electrons. The van der Waals surface area contributed by atoms with Crippen LogP contribution in [0.4, 0.5) is 0 Å². The minimum absolute atomic E-state index is 0.480. The second kappa shape index (κ2) is 5.98. The molecule has 0 saturated heterocycles. The number of fused-ring (bicyclic) bond motifs is 1. The average Bonchev–Trinajstić information content (AvgIpc) is 2.53. The fourth-order valence-corrected chi connectivity index (χ4v) is 2.44. The third kappa shape index (κ3) is 3.06. The molecule has 3 rings (SSSR count). The van der Waals surface area contributed by atoms with Crippen LogP contribution in [0.3, 0.4) is 0 Å². The smallest absolute Gasteiger partial charge is 0.120 e. The number of hydrogen-bond acceptors (Lipinski definition) is 2. The van der Waals surface area contributed by atoms with Crippen molar-refractivity contribution >= 4 is 10.8 Å². The van der Waals surface area contributed by atoms with Crippen LogP contribution >= 0.6 is 0 Å². The summed E-state index contributed by atoms with van der Waals surface area (Å²) in [5.74, 6) is 0.779. The van der Waals surface area contributed by atoms with Crippen molar-refractivity contribution in [2.75, 3.05) is 0 Å². The first-order valence-corrected chi connectivity index (χ1v) is 7.11. The van der Waals surface area contributed by atoms with Crippen molar-refractivity contribution in [3.63, 3.8) is 0 Å². The summed E-state index contributed by atoms with van der Waals surface area (Å²) in [7, 11) is 0. The summed E-state index contributed by atoms with van der Waals surface area (Å²) in [4.78, 5) is 0. The highest BCUT2D eigenvalue weighted by Crippen LogP contribution is 2.22. The lowest BCUT2D eigenvalue weighted by Gasteiger charge is -2.11. The Labute approximate surface area is 124 Å². The van der Waals surface area contributed by atoms with E-state index in [0.29, 0.717) is 6.61 Å². The van der Waals surface area contributed by atoms with Gasteiger partial charge in [0.15, 0.2) is 0 Å². The Kier molecular flexibility index (Phi) is 3.89. The van der Waals surface area contributed by atoms with Gasteiger partial charge in [-0.05, 0) is 41.0 Å². The van der Waals surface area contributed by atoms with Crippen molar-refractivity contribution in [1.29, 1.82) is 0 Å². The van der Waals surface area contributed by atoms with Crippen LogP contribution in [0.5, 0.6) is 5.75 Å². The van der Waals surface area contributed by atoms with Crippen LogP contribution in [-0.2, 0) is 6.61 Å². The zero-order valence-electron chi connectivity index (χ0n) is 12.0. The summed E-state index contributed by atoms with van der Waals surface area (Å²) in [5.41, 5.74) is 2.03. The molecule has 2 nitrogen and oxygen atoms in total. The van der Waals surface area contributed by atoms with Gasteiger partial charge >= 0.3 is 0 Å². The summed E-state index contributed by atoms with van der Waals surface area (Å²) < 4.78 is 5.88. The number of hydrogen-bond donors (Lipinski definition) is 1. The highest BCUT2D eigenvalue weighted by atomic mass is 16.5. The topological polar surface area (TPSA) is 29.5 Å². The fourth-order valence-electron chi connectivity index (χ4n) is 2.44. The summed E-state index contributed by atoms with van der Waals surface area (Å²) in [6.45, 7) is 2.27. The van der Waals surface area contributed by atoms with E-state index in [1.165, 1.54) is 10.8 Å². The molecule has 3 aromatic carbocycles. The molecule has 0 unspecified atom stereocenters. The molecule has 3 aromatic rings. The maximum Gasteiger partial charge on any atom is 0.120 e. The van der Waals surface area contributed by atoms with E-state index in [4.69, 9.17) is 4.74 Å². The number of aliphatic hydroxyl groups is 1. The van der Waals surface area contributed by atoms with Crippen molar-refractivity contribution in [2.45, 2.75) is 19.6 Å². The molecule has 0 fully saturated rings. The van der Waals surface area contributed by atoms with Crippen LogP contribution in [0.1, 0.15) is 24.2 Å². The normalized spacial score (nSPS) is 12.3. The van der Waals surface area contributed by atoms with Gasteiger partial charge in [0.2, 0.25) is 0 Å². The molecular formula is C19H18O2. The number of rotatable bonds is 4. The summed E-state index contributed by atoms with van der Waals surface area (Å²) in [6.07, 6.45) is -0.480.